The van der Waals surface area contributed by atoms with E-state index in [-0.39, 0.29) is 24.4 Å². The van der Waals surface area contributed by atoms with Crippen LogP contribution in [0.3, 0.4) is 0 Å². The molecule has 1 aromatic heterocycles. The highest BCUT2D eigenvalue weighted by molar-refractivity contribution is 5.95. The lowest BCUT2D eigenvalue weighted by Crippen LogP contribution is -2.45. The van der Waals surface area contributed by atoms with Gasteiger partial charge in [0, 0.05) is 19.1 Å². The van der Waals surface area contributed by atoms with Gasteiger partial charge in [0.15, 0.2) is 11.4 Å². The Morgan fingerprint density at radius 2 is 2.08 bits per heavy atom. The van der Waals surface area contributed by atoms with Crippen molar-refractivity contribution in [3.05, 3.63) is 42.2 Å². The molecule has 0 aliphatic carbocycles. The van der Waals surface area contributed by atoms with Crippen LogP contribution in [0.25, 0.3) is 5.69 Å². The van der Waals surface area contributed by atoms with Crippen molar-refractivity contribution in [2.24, 2.45) is 11.7 Å². The van der Waals surface area contributed by atoms with Crippen LogP contribution in [0.5, 0.6) is 5.75 Å². The summed E-state index contributed by atoms with van der Waals surface area (Å²) in [6.07, 6.45) is 3.67. The molecule has 1 aliphatic rings. The van der Waals surface area contributed by atoms with Crippen molar-refractivity contribution < 1.29 is 9.53 Å². The lowest BCUT2D eigenvalue weighted by Gasteiger charge is -2.30. The highest BCUT2D eigenvalue weighted by Crippen LogP contribution is 2.23. The number of aromatic nitrogens is 2. The SMILES string of the molecule is CC(C)COc1cn(-c2ccccc2)nc1C(=O)N1CCCC(N)C1.Cl. The zero-order valence-corrected chi connectivity index (χ0v) is 16.1. The summed E-state index contributed by atoms with van der Waals surface area (Å²) in [6, 6.07) is 9.76. The molecule has 142 valence electrons. The number of hydrogen-bond acceptors (Lipinski definition) is 4. The Morgan fingerprint density at radius 1 is 1.35 bits per heavy atom. The zero-order valence-electron chi connectivity index (χ0n) is 15.3. The van der Waals surface area contributed by atoms with Gasteiger partial charge in [-0.3, -0.25) is 4.79 Å². The number of para-hydroxylation sites is 1. The van der Waals surface area contributed by atoms with Crippen molar-refractivity contribution in [2.75, 3.05) is 19.7 Å². The van der Waals surface area contributed by atoms with E-state index in [1.807, 2.05) is 30.3 Å². The maximum Gasteiger partial charge on any atom is 0.278 e. The van der Waals surface area contributed by atoms with E-state index in [4.69, 9.17) is 10.5 Å². The molecular weight excluding hydrogens is 352 g/mol. The number of ether oxygens (including phenoxy) is 1. The number of piperidine rings is 1. The fraction of sp³-hybridized carbons (Fsp3) is 0.474. The van der Waals surface area contributed by atoms with E-state index >= 15 is 0 Å². The van der Waals surface area contributed by atoms with E-state index in [0.29, 0.717) is 37.1 Å². The Labute approximate surface area is 160 Å². The van der Waals surface area contributed by atoms with Crippen LogP contribution in [-0.4, -0.2) is 46.3 Å². The monoisotopic (exact) mass is 378 g/mol. The highest BCUT2D eigenvalue weighted by Gasteiger charge is 2.27. The number of amides is 1. The summed E-state index contributed by atoms with van der Waals surface area (Å²) >= 11 is 0. The fourth-order valence-electron chi connectivity index (χ4n) is 2.93. The second kappa shape index (κ2) is 9.05. The molecule has 0 bridgehead atoms. The summed E-state index contributed by atoms with van der Waals surface area (Å²) in [5, 5.41) is 4.52. The first-order chi connectivity index (χ1) is 12.0. The van der Waals surface area contributed by atoms with Crippen LogP contribution < -0.4 is 10.5 Å². The fourth-order valence-corrected chi connectivity index (χ4v) is 2.93. The van der Waals surface area contributed by atoms with Crippen LogP contribution in [0.2, 0.25) is 0 Å². The molecule has 6 nitrogen and oxygen atoms in total. The molecule has 7 heteroatoms. The molecule has 2 N–H and O–H groups in total. The molecule has 3 rings (SSSR count). The number of rotatable bonds is 5. The molecule has 2 heterocycles. The van der Waals surface area contributed by atoms with E-state index in [1.54, 1.807) is 15.8 Å². The number of carbonyl (C=O) groups excluding carboxylic acids is 1. The number of likely N-dealkylation sites (tertiary alicyclic amines) is 1. The van der Waals surface area contributed by atoms with E-state index in [0.717, 1.165) is 18.5 Å². The van der Waals surface area contributed by atoms with Crippen LogP contribution in [0.1, 0.15) is 37.2 Å². The van der Waals surface area contributed by atoms with Gasteiger partial charge in [-0.25, -0.2) is 4.68 Å². The van der Waals surface area contributed by atoms with Crippen molar-refractivity contribution in [3.8, 4) is 11.4 Å². The van der Waals surface area contributed by atoms with Crippen LogP contribution in [0.15, 0.2) is 36.5 Å². The van der Waals surface area contributed by atoms with Crippen molar-refractivity contribution >= 4 is 18.3 Å². The second-order valence-electron chi connectivity index (χ2n) is 6.98. The molecule has 0 radical (unpaired) electrons. The predicted octanol–water partition coefficient (Wildman–Crippen LogP) is 2.89. The van der Waals surface area contributed by atoms with Gasteiger partial charge in [0.25, 0.3) is 5.91 Å². The van der Waals surface area contributed by atoms with E-state index in [9.17, 15) is 4.79 Å². The third kappa shape index (κ3) is 4.77. The first-order valence-corrected chi connectivity index (χ1v) is 8.87. The van der Waals surface area contributed by atoms with E-state index in [2.05, 4.69) is 18.9 Å². The van der Waals surface area contributed by atoms with Gasteiger partial charge in [-0.05, 0) is 30.9 Å². The van der Waals surface area contributed by atoms with Gasteiger partial charge in [-0.1, -0.05) is 32.0 Å². The van der Waals surface area contributed by atoms with Crippen LogP contribution >= 0.6 is 12.4 Å². The molecule has 0 saturated carbocycles. The average Bonchev–Trinajstić information content (AvgIpc) is 3.04. The van der Waals surface area contributed by atoms with Gasteiger partial charge in [0.1, 0.15) is 0 Å². The molecule has 0 spiro atoms. The smallest absolute Gasteiger partial charge is 0.278 e. The number of hydrogen-bond donors (Lipinski definition) is 1. The summed E-state index contributed by atoms with van der Waals surface area (Å²) < 4.78 is 7.58. The van der Waals surface area contributed by atoms with Crippen LogP contribution in [0, 0.1) is 5.92 Å². The van der Waals surface area contributed by atoms with Crippen molar-refractivity contribution in [1.82, 2.24) is 14.7 Å². The molecule has 1 saturated heterocycles. The maximum absolute atomic E-state index is 13.0. The Kier molecular flexibility index (Phi) is 7.06. The van der Waals surface area contributed by atoms with Gasteiger partial charge in [-0.2, -0.15) is 5.10 Å². The number of benzene rings is 1. The minimum absolute atomic E-state index is 0. The van der Waals surface area contributed by atoms with Gasteiger partial charge in [0.05, 0.1) is 18.5 Å². The highest BCUT2D eigenvalue weighted by atomic mass is 35.5. The second-order valence-corrected chi connectivity index (χ2v) is 6.98. The lowest BCUT2D eigenvalue weighted by molar-refractivity contribution is 0.0697. The minimum Gasteiger partial charge on any atom is -0.489 e. The number of carbonyl (C=O) groups is 1. The first-order valence-electron chi connectivity index (χ1n) is 8.87. The minimum atomic E-state index is -0.108. The molecule has 2 aromatic rings. The summed E-state index contributed by atoms with van der Waals surface area (Å²) in [5.74, 6) is 0.789. The number of halogens is 1. The molecular formula is C19H27ClN4O2. The Hall–Kier alpha value is -2.05. The standard InChI is InChI=1S/C19H26N4O2.ClH/c1-14(2)13-25-17-12-23(16-8-4-3-5-9-16)21-18(17)19(24)22-10-6-7-15(20)11-22;/h3-5,8-9,12,14-15H,6-7,10-11,13,20H2,1-2H3;1H. The third-order valence-corrected chi connectivity index (χ3v) is 4.22. The topological polar surface area (TPSA) is 73.4 Å². The van der Waals surface area contributed by atoms with E-state index in [1.165, 1.54) is 0 Å². The molecule has 1 atom stereocenters. The Morgan fingerprint density at radius 3 is 2.73 bits per heavy atom. The summed E-state index contributed by atoms with van der Waals surface area (Å²) in [6.45, 7) is 5.98. The third-order valence-electron chi connectivity index (χ3n) is 4.22. The molecule has 1 unspecified atom stereocenters. The normalized spacial score (nSPS) is 17.1. The first kappa shape index (κ1) is 20.3. The summed E-state index contributed by atoms with van der Waals surface area (Å²) in [5.41, 5.74) is 7.28. The summed E-state index contributed by atoms with van der Waals surface area (Å²) in [7, 11) is 0. The molecule has 26 heavy (non-hydrogen) atoms. The molecule has 1 amide bonds. The van der Waals surface area contributed by atoms with Gasteiger partial charge >= 0.3 is 0 Å². The predicted molar refractivity (Wildman–Crippen MR) is 104 cm³/mol. The largest absolute Gasteiger partial charge is 0.489 e. The van der Waals surface area contributed by atoms with Gasteiger partial charge in [-0.15, -0.1) is 12.4 Å². The maximum atomic E-state index is 13.0. The average molecular weight is 379 g/mol. The van der Waals surface area contributed by atoms with Gasteiger partial charge in [0.2, 0.25) is 0 Å². The molecule has 1 aromatic carbocycles. The van der Waals surface area contributed by atoms with Crippen molar-refractivity contribution in [1.29, 1.82) is 0 Å². The number of nitrogens with two attached hydrogens (primary N) is 1. The van der Waals surface area contributed by atoms with Crippen molar-refractivity contribution in [2.45, 2.75) is 32.7 Å². The number of nitrogens with zero attached hydrogens (tertiary/aromatic N) is 3. The van der Waals surface area contributed by atoms with Crippen LogP contribution in [0.4, 0.5) is 0 Å². The lowest BCUT2D eigenvalue weighted by atomic mass is 10.1. The Bertz CT molecular complexity index is 718. The summed E-state index contributed by atoms with van der Waals surface area (Å²) in [4.78, 5) is 14.8. The van der Waals surface area contributed by atoms with Crippen LogP contribution in [-0.2, 0) is 0 Å². The van der Waals surface area contributed by atoms with E-state index < -0.39 is 0 Å². The quantitative estimate of drug-likeness (QED) is 0.868. The van der Waals surface area contributed by atoms with Gasteiger partial charge < -0.3 is 15.4 Å². The Balaban J connectivity index is 0.00000243. The van der Waals surface area contributed by atoms with Crippen molar-refractivity contribution in [3.63, 3.8) is 0 Å². The molecule has 1 aliphatic heterocycles. The zero-order chi connectivity index (χ0) is 17.8. The molecule has 1 fully saturated rings.